The number of nitrogens with zero attached hydrogens (tertiary/aromatic N) is 3. The van der Waals surface area contributed by atoms with Gasteiger partial charge in [-0.05, 0) is 53.2 Å². The molecule has 0 radical (unpaired) electrons. The van der Waals surface area contributed by atoms with Crippen LogP contribution in [0, 0.1) is 0 Å². The molecule has 0 aliphatic carbocycles. The van der Waals surface area contributed by atoms with Gasteiger partial charge in [0.25, 0.3) is 5.91 Å². The van der Waals surface area contributed by atoms with Crippen molar-refractivity contribution in [3.63, 3.8) is 0 Å². The van der Waals surface area contributed by atoms with Crippen LogP contribution >= 0.6 is 11.8 Å². The summed E-state index contributed by atoms with van der Waals surface area (Å²) in [6.07, 6.45) is -6.55. The molecule has 2 amide bonds. The molecule has 3 aromatic rings. The monoisotopic (exact) mass is 564 g/mol. The van der Waals surface area contributed by atoms with Crippen LogP contribution in [0.25, 0.3) is 17.0 Å². The second-order valence-electron chi connectivity index (χ2n) is 7.87. The molecule has 0 unspecified atom stereocenters. The van der Waals surface area contributed by atoms with E-state index >= 15 is 0 Å². The molecule has 1 aromatic heterocycles. The molecule has 196 valence electrons. The Hall–Kier alpha value is -3.37. The minimum absolute atomic E-state index is 0.0603. The van der Waals surface area contributed by atoms with E-state index in [-0.39, 0.29) is 11.0 Å². The first kappa shape index (κ1) is 26.7. The molecule has 2 aromatic carbocycles. The van der Waals surface area contributed by atoms with Gasteiger partial charge in [0.2, 0.25) is 10.0 Å². The van der Waals surface area contributed by atoms with Crippen LogP contribution in [0.1, 0.15) is 22.3 Å². The van der Waals surface area contributed by atoms with Crippen LogP contribution in [0.2, 0.25) is 0 Å². The maximum absolute atomic E-state index is 13.5. The van der Waals surface area contributed by atoms with Crippen molar-refractivity contribution in [2.75, 3.05) is 6.26 Å². The second-order valence-corrected chi connectivity index (χ2v) is 10.6. The van der Waals surface area contributed by atoms with E-state index in [4.69, 9.17) is 0 Å². The average Bonchev–Trinajstić information content (AvgIpc) is 3.27. The van der Waals surface area contributed by atoms with Crippen molar-refractivity contribution in [2.24, 2.45) is 0 Å². The third-order valence-corrected chi connectivity index (χ3v) is 6.46. The van der Waals surface area contributed by atoms with E-state index < -0.39 is 56.8 Å². The summed E-state index contributed by atoms with van der Waals surface area (Å²) in [7, 11) is -3.89. The molecular formula is C21H14F6N4O4S2. The third kappa shape index (κ3) is 5.80. The molecule has 8 nitrogen and oxygen atoms in total. The molecule has 1 aliphatic rings. The van der Waals surface area contributed by atoms with Gasteiger partial charge in [0, 0.05) is 5.39 Å². The molecule has 37 heavy (non-hydrogen) atoms. The van der Waals surface area contributed by atoms with Crippen LogP contribution in [0.4, 0.5) is 31.1 Å². The zero-order valence-corrected chi connectivity index (χ0v) is 20.0. The summed E-state index contributed by atoms with van der Waals surface area (Å²) in [5, 5.41) is 3.96. The summed E-state index contributed by atoms with van der Waals surface area (Å²) in [5.41, 5.74) is -2.50. The fraction of sp³-hybridized carbons (Fsp3) is 0.190. The topological polar surface area (TPSA) is 101 Å². The summed E-state index contributed by atoms with van der Waals surface area (Å²) in [4.78, 5) is 26.1. The predicted octanol–water partition coefficient (Wildman–Crippen LogP) is 4.62. The lowest BCUT2D eigenvalue weighted by atomic mass is 10.0. The summed E-state index contributed by atoms with van der Waals surface area (Å²) < 4.78 is 103. The van der Waals surface area contributed by atoms with Crippen molar-refractivity contribution in [3.05, 3.63) is 69.8 Å². The van der Waals surface area contributed by atoms with Crippen LogP contribution in [0.5, 0.6) is 0 Å². The van der Waals surface area contributed by atoms with Crippen LogP contribution in [-0.4, -0.2) is 40.6 Å². The number of thioether (sulfide) groups is 1. The molecule has 0 saturated carbocycles. The van der Waals surface area contributed by atoms with Crippen molar-refractivity contribution in [1.82, 2.24) is 19.6 Å². The molecule has 0 atom stereocenters. The standard InChI is InChI=1S/C21H14F6N4O4S2/c1-37(34,35)29-31-18(32)17(36-19(31)33)7-11-2-5-16-13(6-11)9-28-30(16)10-12-3-4-14(20(22,23)24)8-15(12)21(25,26)27/h2-9,29H,10H2,1H3. The number of nitrogens with one attached hydrogen (secondary N) is 1. The Morgan fingerprint density at radius 3 is 2.35 bits per heavy atom. The van der Waals surface area contributed by atoms with Gasteiger partial charge in [0.15, 0.2) is 0 Å². The minimum atomic E-state index is -5.03. The molecule has 16 heteroatoms. The molecule has 2 heterocycles. The zero-order chi connectivity index (χ0) is 27.3. The molecule has 4 rings (SSSR count). The number of sulfonamides is 1. The number of hydrazine groups is 1. The normalized spacial score (nSPS) is 16.4. The van der Waals surface area contributed by atoms with Crippen LogP contribution in [-0.2, 0) is 33.7 Å². The van der Waals surface area contributed by atoms with Gasteiger partial charge >= 0.3 is 17.6 Å². The van der Waals surface area contributed by atoms with Crippen LogP contribution in [0.3, 0.4) is 0 Å². The van der Waals surface area contributed by atoms with Crippen molar-refractivity contribution in [3.8, 4) is 0 Å². The summed E-state index contributed by atoms with van der Waals surface area (Å²) in [5.74, 6) is -0.891. The highest BCUT2D eigenvalue weighted by Crippen LogP contribution is 2.38. The Kier molecular flexibility index (Phi) is 6.62. The lowest BCUT2D eigenvalue weighted by Crippen LogP contribution is -2.44. The molecule has 1 N–H and O–H groups in total. The first-order chi connectivity index (χ1) is 17.0. The number of halogens is 6. The van der Waals surface area contributed by atoms with Gasteiger partial charge in [0.1, 0.15) is 0 Å². The number of fused-ring (bicyclic) bond motifs is 1. The van der Waals surface area contributed by atoms with E-state index in [2.05, 4.69) is 5.10 Å². The highest BCUT2D eigenvalue weighted by atomic mass is 32.2. The number of amides is 2. The van der Waals surface area contributed by atoms with E-state index in [1.54, 1.807) is 4.83 Å². The highest BCUT2D eigenvalue weighted by molar-refractivity contribution is 8.18. The Morgan fingerprint density at radius 2 is 1.73 bits per heavy atom. The number of hydrogen-bond acceptors (Lipinski definition) is 6. The predicted molar refractivity (Wildman–Crippen MR) is 121 cm³/mol. The number of imide groups is 1. The maximum atomic E-state index is 13.5. The fourth-order valence-corrected chi connectivity index (χ4v) is 4.84. The van der Waals surface area contributed by atoms with E-state index in [9.17, 15) is 44.3 Å². The first-order valence-electron chi connectivity index (χ1n) is 10.0. The number of rotatable bonds is 5. The molecule has 0 bridgehead atoms. The summed E-state index contributed by atoms with van der Waals surface area (Å²) in [6.45, 7) is -0.466. The number of alkyl halides is 6. The van der Waals surface area contributed by atoms with E-state index in [0.717, 1.165) is 12.3 Å². The smallest absolute Gasteiger partial charge is 0.266 e. The van der Waals surface area contributed by atoms with Gasteiger partial charge in [0.05, 0.1) is 40.5 Å². The van der Waals surface area contributed by atoms with E-state index in [1.165, 1.54) is 35.2 Å². The van der Waals surface area contributed by atoms with Gasteiger partial charge < -0.3 is 0 Å². The molecule has 1 saturated heterocycles. The summed E-state index contributed by atoms with van der Waals surface area (Å²) >= 11 is 0.501. The van der Waals surface area contributed by atoms with Crippen molar-refractivity contribution < 1.29 is 44.3 Å². The van der Waals surface area contributed by atoms with Gasteiger partial charge in [-0.2, -0.15) is 36.5 Å². The molecule has 1 aliphatic heterocycles. The van der Waals surface area contributed by atoms with Gasteiger partial charge in [-0.15, -0.1) is 4.83 Å². The highest BCUT2D eigenvalue weighted by Gasteiger charge is 2.39. The minimum Gasteiger partial charge on any atom is -0.266 e. The van der Waals surface area contributed by atoms with Gasteiger partial charge in [-0.25, -0.2) is 8.42 Å². The largest absolute Gasteiger partial charge is 0.416 e. The number of benzene rings is 2. The molecule has 1 fully saturated rings. The summed E-state index contributed by atoms with van der Waals surface area (Å²) in [6, 6.07) is 5.87. The van der Waals surface area contributed by atoms with E-state index in [1.807, 2.05) is 0 Å². The number of carbonyl (C=O) groups is 2. The fourth-order valence-electron chi connectivity index (χ4n) is 3.50. The Labute approximate surface area is 208 Å². The van der Waals surface area contributed by atoms with Crippen LogP contribution in [0.15, 0.2) is 47.5 Å². The van der Waals surface area contributed by atoms with Crippen molar-refractivity contribution in [1.29, 1.82) is 0 Å². The van der Waals surface area contributed by atoms with Crippen LogP contribution < -0.4 is 4.83 Å². The number of carbonyl (C=O) groups excluding carboxylic acids is 2. The quantitative estimate of drug-likeness (QED) is 0.359. The lowest BCUT2D eigenvalue weighted by Gasteiger charge is -2.16. The second kappa shape index (κ2) is 9.18. The van der Waals surface area contributed by atoms with Crippen molar-refractivity contribution >= 4 is 49.9 Å². The van der Waals surface area contributed by atoms with Gasteiger partial charge in [-0.3, -0.25) is 14.3 Å². The third-order valence-electron chi connectivity index (χ3n) is 5.08. The Morgan fingerprint density at radius 1 is 1.03 bits per heavy atom. The Balaban J connectivity index is 1.63. The lowest BCUT2D eigenvalue weighted by molar-refractivity contribution is -0.143. The number of aromatic nitrogens is 2. The average molecular weight is 564 g/mol. The van der Waals surface area contributed by atoms with Gasteiger partial charge in [-0.1, -0.05) is 12.1 Å². The van der Waals surface area contributed by atoms with E-state index in [0.29, 0.717) is 39.3 Å². The molecular weight excluding hydrogens is 550 g/mol. The SMILES string of the molecule is CS(=O)(=O)NN1C(=O)SC(=Cc2ccc3c(cnn3Cc3ccc(C(F)(F)F)cc3C(F)(F)F)c2)C1=O. The zero-order valence-electron chi connectivity index (χ0n) is 18.4. The Bertz CT molecular complexity index is 1560. The van der Waals surface area contributed by atoms with Crippen molar-refractivity contribution in [2.45, 2.75) is 18.9 Å². The number of hydrogen-bond donors (Lipinski definition) is 1. The molecule has 0 spiro atoms. The maximum Gasteiger partial charge on any atom is 0.416 e. The first-order valence-corrected chi connectivity index (χ1v) is 12.7.